The smallest absolute Gasteiger partial charge is 0.347 e. The van der Waals surface area contributed by atoms with E-state index in [0.29, 0.717) is 23.5 Å². The number of urea groups is 1. The lowest BCUT2D eigenvalue weighted by Gasteiger charge is -2.56. The Hall–Kier alpha value is -2.64. The summed E-state index contributed by atoms with van der Waals surface area (Å²) in [6.45, 7) is 0.883. The third-order valence-electron chi connectivity index (χ3n) is 6.47. The van der Waals surface area contributed by atoms with Crippen LogP contribution in [0.4, 0.5) is 9.18 Å². The van der Waals surface area contributed by atoms with Gasteiger partial charge in [0, 0.05) is 5.54 Å². The molecule has 1 aromatic rings. The molecule has 8 heteroatoms. The Morgan fingerprint density at radius 1 is 1.07 bits per heavy atom. The number of halogens is 1. The van der Waals surface area contributed by atoms with Gasteiger partial charge in [-0.05, 0) is 87.5 Å². The van der Waals surface area contributed by atoms with E-state index >= 15 is 0 Å². The maximum atomic E-state index is 12.9. The first-order valence-electron chi connectivity index (χ1n) is 10.5. The lowest BCUT2D eigenvalue weighted by atomic mass is 9.53. The lowest BCUT2D eigenvalue weighted by molar-refractivity contribution is -0.154. The highest BCUT2D eigenvalue weighted by Crippen LogP contribution is 2.55. The van der Waals surface area contributed by atoms with Gasteiger partial charge < -0.3 is 14.8 Å². The van der Waals surface area contributed by atoms with Gasteiger partial charge >= 0.3 is 12.0 Å². The minimum absolute atomic E-state index is 0.201. The summed E-state index contributed by atoms with van der Waals surface area (Å²) in [7, 11) is 0. The summed E-state index contributed by atoms with van der Waals surface area (Å²) in [5, 5.41) is 5.29. The van der Waals surface area contributed by atoms with Gasteiger partial charge in [-0.3, -0.25) is 10.1 Å². The first-order valence-corrected chi connectivity index (χ1v) is 10.5. The van der Waals surface area contributed by atoms with E-state index in [1.54, 1.807) is 0 Å². The van der Waals surface area contributed by atoms with Gasteiger partial charge in [0.1, 0.15) is 11.6 Å². The molecule has 0 spiro atoms. The van der Waals surface area contributed by atoms with Crippen molar-refractivity contribution in [1.82, 2.24) is 10.6 Å². The van der Waals surface area contributed by atoms with E-state index in [1.807, 2.05) is 0 Å². The molecule has 0 aromatic heterocycles. The topological polar surface area (TPSA) is 93.7 Å². The Labute approximate surface area is 174 Å². The summed E-state index contributed by atoms with van der Waals surface area (Å²) in [5.74, 6) is 0.472. The number of carbonyl (C=O) groups excluding carboxylic acids is 3. The van der Waals surface area contributed by atoms with Crippen molar-refractivity contribution in [2.45, 2.75) is 57.1 Å². The van der Waals surface area contributed by atoms with Crippen LogP contribution in [0.25, 0.3) is 0 Å². The summed E-state index contributed by atoms with van der Waals surface area (Å²) in [4.78, 5) is 36.4. The van der Waals surface area contributed by atoms with E-state index in [1.165, 1.54) is 50.5 Å². The molecular formula is C22H27FN2O5. The van der Waals surface area contributed by atoms with Crippen molar-refractivity contribution in [2.75, 3.05) is 6.61 Å². The SMILES string of the molecule is C[C@H](Oc1ccc(F)cc1)C(=O)OCC(=O)NC(=O)NC12CC3CC(CC(C3)C1)C2. The third kappa shape index (κ3) is 4.74. The number of amides is 3. The molecule has 1 aromatic carbocycles. The van der Waals surface area contributed by atoms with E-state index in [0.717, 1.165) is 19.3 Å². The van der Waals surface area contributed by atoms with Crippen LogP contribution < -0.4 is 15.4 Å². The van der Waals surface area contributed by atoms with Crippen LogP contribution in [0.15, 0.2) is 24.3 Å². The fourth-order valence-corrected chi connectivity index (χ4v) is 5.72. The molecule has 5 rings (SSSR count). The molecule has 0 saturated heterocycles. The standard InChI is InChI=1S/C22H27FN2O5/c1-13(30-18-4-2-17(23)3-5-18)20(27)29-12-19(26)24-21(28)25-22-9-14-6-15(10-22)8-16(7-14)11-22/h2-5,13-16H,6-12H2,1H3,(H2,24,25,26,28)/t13-,14?,15?,16?,22?/m0/s1. The van der Waals surface area contributed by atoms with Gasteiger partial charge in [-0.15, -0.1) is 0 Å². The number of hydrogen-bond acceptors (Lipinski definition) is 5. The van der Waals surface area contributed by atoms with Gasteiger partial charge in [-0.25, -0.2) is 14.0 Å². The van der Waals surface area contributed by atoms with Crippen molar-refractivity contribution in [1.29, 1.82) is 0 Å². The van der Waals surface area contributed by atoms with Crippen LogP contribution in [0.3, 0.4) is 0 Å². The Kier molecular flexibility index (Phi) is 5.66. The van der Waals surface area contributed by atoms with Crippen LogP contribution in [-0.4, -0.2) is 36.2 Å². The highest BCUT2D eigenvalue weighted by molar-refractivity contribution is 5.96. The Bertz CT molecular complexity index is 790. The molecular weight excluding hydrogens is 391 g/mol. The molecule has 4 aliphatic rings. The average Bonchev–Trinajstić information content (AvgIpc) is 2.66. The summed E-state index contributed by atoms with van der Waals surface area (Å²) >= 11 is 0. The third-order valence-corrected chi connectivity index (χ3v) is 6.47. The van der Waals surface area contributed by atoms with Gasteiger partial charge in [0.25, 0.3) is 5.91 Å². The molecule has 30 heavy (non-hydrogen) atoms. The molecule has 4 fully saturated rings. The number of nitrogens with one attached hydrogen (secondary N) is 2. The molecule has 3 amide bonds. The van der Waals surface area contributed by atoms with E-state index in [-0.39, 0.29) is 5.54 Å². The van der Waals surface area contributed by atoms with Crippen LogP contribution >= 0.6 is 0 Å². The molecule has 0 aliphatic heterocycles. The average molecular weight is 418 g/mol. The van der Waals surface area contributed by atoms with Gasteiger partial charge in [0.05, 0.1) is 0 Å². The van der Waals surface area contributed by atoms with Crippen molar-refractivity contribution >= 4 is 17.9 Å². The number of esters is 1. The van der Waals surface area contributed by atoms with Gasteiger partial charge in [0.15, 0.2) is 12.7 Å². The van der Waals surface area contributed by atoms with Crippen molar-refractivity contribution in [3.63, 3.8) is 0 Å². The molecule has 2 N–H and O–H groups in total. The van der Waals surface area contributed by atoms with Crippen LogP contribution in [-0.2, 0) is 14.3 Å². The van der Waals surface area contributed by atoms with Crippen molar-refractivity contribution in [2.24, 2.45) is 17.8 Å². The van der Waals surface area contributed by atoms with Gasteiger partial charge in [-0.1, -0.05) is 0 Å². The van der Waals surface area contributed by atoms with Crippen LogP contribution in [0.1, 0.15) is 45.4 Å². The van der Waals surface area contributed by atoms with Crippen molar-refractivity contribution in [3.8, 4) is 5.75 Å². The molecule has 7 nitrogen and oxygen atoms in total. The van der Waals surface area contributed by atoms with Crippen LogP contribution in [0.2, 0.25) is 0 Å². The molecule has 4 saturated carbocycles. The Balaban J connectivity index is 1.20. The van der Waals surface area contributed by atoms with Crippen molar-refractivity contribution in [3.05, 3.63) is 30.1 Å². The van der Waals surface area contributed by atoms with E-state index < -0.39 is 36.4 Å². The van der Waals surface area contributed by atoms with E-state index in [9.17, 15) is 18.8 Å². The Morgan fingerprint density at radius 2 is 1.63 bits per heavy atom. The second-order valence-electron chi connectivity index (χ2n) is 9.02. The zero-order chi connectivity index (χ0) is 21.3. The normalized spacial score (nSPS) is 29.7. The number of benzene rings is 1. The second kappa shape index (κ2) is 8.24. The molecule has 4 aliphatic carbocycles. The first kappa shape index (κ1) is 20.6. The lowest BCUT2D eigenvalue weighted by Crippen LogP contribution is -2.62. The summed E-state index contributed by atoms with van der Waals surface area (Å²) in [6.07, 6.45) is 5.74. The minimum atomic E-state index is -0.982. The molecule has 1 atom stereocenters. The molecule has 0 radical (unpaired) electrons. The monoisotopic (exact) mass is 418 g/mol. The first-order chi connectivity index (χ1) is 14.3. The van der Waals surface area contributed by atoms with Gasteiger partial charge in [0.2, 0.25) is 0 Å². The zero-order valence-corrected chi connectivity index (χ0v) is 17.0. The summed E-state index contributed by atoms with van der Waals surface area (Å²) < 4.78 is 23.2. The predicted octanol–water partition coefficient (Wildman–Crippen LogP) is 2.93. The fourth-order valence-electron chi connectivity index (χ4n) is 5.72. The zero-order valence-electron chi connectivity index (χ0n) is 17.0. The maximum Gasteiger partial charge on any atom is 0.347 e. The largest absolute Gasteiger partial charge is 0.479 e. The predicted molar refractivity (Wildman–Crippen MR) is 105 cm³/mol. The highest BCUT2D eigenvalue weighted by atomic mass is 19.1. The van der Waals surface area contributed by atoms with Crippen LogP contribution in [0.5, 0.6) is 5.75 Å². The number of hydrogen-bond donors (Lipinski definition) is 2. The maximum absolute atomic E-state index is 12.9. The minimum Gasteiger partial charge on any atom is -0.479 e. The number of imide groups is 1. The summed E-state index contributed by atoms with van der Waals surface area (Å²) in [6, 6.07) is 4.67. The highest BCUT2D eigenvalue weighted by Gasteiger charge is 2.51. The molecule has 4 bridgehead atoms. The fraction of sp³-hybridized carbons (Fsp3) is 0.591. The number of rotatable bonds is 6. The summed E-state index contributed by atoms with van der Waals surface area (Å²) in [5.41, 5.74) is -0.201. The Morgan fingerprint density at radius 3 is 2.20 bits per heavy atom. The second-order valence-corrected chi connectivity index (χ2v) is 9.02. The van der Waals surface area contributed by atoms with Gasteiger partial charge in [-0.2, -0.15) is 0 Å². The molecule has 162 valence electrons. The molecule has 0 unspecified atom stereocenters. The van der Waals surface area contributed by atoms with Crippen molar-refractivity contribution < 1.29 is 28.2 Å². The van der Waals surface area contributed by atoms with E-state index in [4.69, 9.17) is 9.47 Å². The van der Waals surface area contributed by atoms with Crippen LogP contribution in [0, 0.1) is 23.6 Å². The molecule has 0 heterocycles. The number of carbonyl (C=O) groups is 3. The quantitative estimate of drug-likeness (QED) is 0.693. The van der Waals surface area contributed by atoms with E-state index in [2.05, 4.69) is 10.6 Å². The number of ether oxygens (including phenoxy) is 2.